The van der Waals surface area contributed by atoms with Crippen molar-refractivity contribution in [2.24, 2.45) is 0 Å². The number of nitro benzene ring substituents is 1. The maximum atomic E-state index is 11.0. The molecule has 0 radical (unpaired) electrons. The number of thiazole rings is 1. The maximum Gasteiger partial charge on any atom is 0.279 e. The number of hydrogen-bond donors (Lipinski definition) is 0. The summed E-state index contributed by atoms with van der Waals surface area (Å²) in [6.45, 7) is 4.22. The van der Waals surface area contributed by atoms with Crippen LogP contribution in [0.25, 0.3) is 10.6 Å². The Hall–Kier alpha value is -1.75. The van der Waals surface area contributed by atoms with Crippen LogP contribution in [0.5, 0.6) is 0 Å². The second-order valence-corrected chi connectivity index (χ2v) is 5.02. The zero-order chi connectivity index (χ0) is 13.1. The van der Waals surface area contributed by atoms with Gasteiger partial charge in [-0.05, 0) is 18.4 Å². The van der Waals surface area contributed by atoms with Crippen molar-refractivity contribution in [1.29, 1.82) is 0 Å². The predicted molar refractivity (Wildman–Crippen MR) is 72.9 cm³/mol. The van der Waals surface area contributed by atoms with Crippen LogP contribution in [0.4, 0.5) is 5.69 Å². The first kappa shape index (κ1) is 12.7. The van der Waals surface area contributed by atoms with Crippen LogP contribution in [-0.2, 0) is 0 Å². The van der Waals surface area contributed by atoms with Crippen molar-refractivity contribution in [1.82, 2.24) is 4.98 Å². The molecule has 1 aromatic heterocycles. The van der Waals surface area contributed by atoms with Gasteiger partial charge in [0.15, 0.2) is 0 Å². The third-order valence-corrected chi connectivity index (χ3v) is 3.86. The van der Waals surface area contributed by atoms with Gasteiger partial charge in [0.05, 0.1) is 16.2 Å². The van der Waals surface area contributed by atoms with Crippen molar-refractivity contribution in [2.75, 3.05) is 0 Å². The van der Waals surface area contributed by atoms with Gasteiger partial charge < -0.3 is 0 Å². The number of benzene rings is 1. The van der Waals surface area contributed by atoms with Gasteiger partial charge in [-0.15, -0.1) is 11.3 Å². The zero-order valence-corrected chi connectivity index (χ0v) is 11.1. The number of para-hydroxylation sites is 1. The molecule has 18 heavy (non-hydrogen) atoms. The van der Waals surface area contributed by atoms with Crippen molar-refractivity contribution in [2.45, 2.75) is 26.2 Å². The first-order valence-corrected chi connectivity index (χ1v) is 6.70. The highest BCUT2D eigenvalue weighted by Crippen LogP contribution is 2.33. The van der Waals surface area contributed by atoms with Gasteiger partial charge in [0.1, 0.15) is 5.01 Å². The van der Waals surface area contributed by atoms with Crippen LogP contribution >= 0.6 is 11.3 Å². The van der Waals surface area contributed by atoms with Gasteiger partial charge in [0, 0.05) is 11.4 Å². The summed E-state index contributed by atoms with van der Waals surface area (Å²) in [4.78, 5) is 15.1. The Morgan fingerprint density at radius 3 is 2.83 bits per heavy atom. The normalized spacial score (nSPS) is 12.3. The molecule has 4 nitrogen and oxygen atoms in total. The summed E-state index contributed by atoms with van der Waals surface area (Å²) in [5.74, 6) is 0.387. The van der Waals surface area contributed by atoms with Crippen molar-refractivity contribution >= 4 is 17.0 Å². The lowest BCUT2D eigenvalue weighted by atomic mass is 10.1. The lowest BCUT2D eigenvalue weighted by molar-refractivity contribution is -0.384. The van der Waals surface area contributed by atoms with Gasteiger partial charge in [0.25, 0.3) is 5.69 Å². The van der Waals surface area contributed by atoms with Crippen molar-refractivity contribution in [3.05, 3.63) is 45.5 Å². The van der Waals surface area contributed by atoms with Gasteiger partial charge in [-0.2, -0.15) is 0 Å². The van der Waals surface area contributed by atoms with Gasteiger partial charge in [-0.3, -0.25) is 10.1 Å². The fourth-order valence-electron chi connectivity index (χ4n) is 1.66. The molecular formula is C13H14N2O2S. The monoisotopic (exact) mass is 262 g/mol. The molecule has 2 aromatic rings. The molecule has 1 heterocycles. The molecule has 0 aliphatic heterocycles. The van der Waals surface area contributed by atoms with E-state index in [2.05, 4.69) is 18.8 Å². The molecule has 1 unspecified atom stereocenters. The van der Waals surface area contributed by atoms with Crippen LogP contribution in [0.1, 0.15) is 31.9 Å². The number of nitrogens with zero attached hydrogens (tertiary/aromatic N) is 2. The standard InChI is InChI=1S/C13H14N2O2S/c1-3-9(2)11-8-18-13(14-11)10-6-4-5-7-12(10)15(16)17/h4-9H,3H2,1-2H3. The van der Waals surface area contributed by atoms with Crippen LogP contribution < -0.4 is 0 Å². The van der Waals surface area contributed by atoms with E-state index in [0.717, 1.165) is 17.1 Å². The molecule has 0 saturated carbocycles. The maximum absolute atomic E-state index is 11.0. The minimum Gasteiger partial charge on any atom is -0.258 e. The minimum atomic E-state index is -0.361. The molecule has 94 valence electrons. The third kappa shape index (κ3) is 2.41. The first-order valence-electron chi connectivity index (χ1n) is 5.82. The molecule has 0 fully saturated rings. The van der Waals surface area contributed by atoms with Crippen molar-refractivity contribution in [3.8, 4) is 10.6 Å². The van der Waals surface area contributed by atoms with E-state index < -0.39 is 0 Å². The quantitative estimate of drug-likeness (QED) is 0.612. The summed E-state index contributed by atoms with van der Waals surface area (Å²) in [5.41, 5.74) is 1.72. The highest BCUT2D eigenvalue weighted by Gasteiger charge is 2.18. The number of hydrogen-bond acceptors (Lipinski definition) is 4. The molecule has 0 bridgehead atoms. The fraction of sp³-hybridized carbons (Fsp3) is 0.308. The molecule has 0 saturated heterocycles. The summed E-state index contributed by atoms with van der Waals surface area (Å²) in [6, 6.07) is 6.73. The fourth-order valence-corrected chi connectivity index (χ4v) is 2.63. The van der Waals surface area contributed by atoms with Gasteiger partial charge in [-0.25, -0.2) is 4.98 Å². The Morgan fingerprint density at radius 1 is 1.44 bits per heavy atom. The number of aromatic nitrogens is 1. The first-order chi connectivity index (χ1) is 8.63. The molecule has 0 aliphatic rings. The molecule has 0 N–H and O–H groups in total. The number of rotatable bonds is 4. The Kier molecular flexibility index (Phi) is 3.72. The summed E-state index contributed by atoms with van der Waals surface area (Å²) < 4.78 is 0. The van der Waals surface area contributed by atoms with Gasteiger partial charge in [-0.1, -0.05) is 26.0 Å². The van der Waals surface area contributed by atoms with Crippen molar-refractivity contribution in [3.63, 3.8) is 0 Å². The summed E-state index contributed by atoms with van der Waals surface area (Å²) in [7, 11) is 0. The average molecular weight is 262 g/mol. The van der Waals surface area contributed by atoms with E-state index in [9.17, 15) is 10.1 Å². The van der Waals surface area contributed by atoms with Crippen LogP contribution in [0.15, 0.2) is 29.6 Å². The van der Waals surface area contributed by atoms with E-state index in [4.69, 9.17) is 0 Å². The molecule has 5 heteroatoms. The summed E-state index contributed by atoms with van der Waals surface area (Å²) in [6.07, 6.45) is 1.01. The average Bonchev–Trinajstić information content (AvgIpc) is 2.87. The van der Waals surface area contributed by atoms with E-state index >= 15 is 0 Å². The lowest BCUT2D eigenvalue weighted by Crippen LogP contribution is -1.93. The van der Waals surface area contributed by atoms with Crippen LogP contribution in [0, 0.1) is 10.1 Å². The lowest BCUT2D eigenvalue weighted by Gasteiger charge is -2.02. The SMILES string of the molecule is CCC(C)c1csc(-c2ccccc2[N+](=O)[O-])n1. The van der Waals surface area contributed by atoms with E-state index in [1.807, 2.05) is 5.38 Å². The van der Waals surface area contributed by atoms with Gasteiger partial charge >= 0.3 is 0 Å². The highest BCUT2D eigenvalue weighted by atomic mass is 32.1. The largest absolute Gasteiger partial charge is 0.279 e. The van der Waals surface area contributed by atoms with Crippen LogP contribution in [0.3, 0.4) is 0 Å². The van der Waals surface area contributed by atoms with Crippen LogP contribution in [-0.4, -0.2) is 9.91 Å². The van der Waals surface area contributed by atoms with Crippen LogP contribution in [0.2, 0.25) is 0 Å². The topological polar surface area (TPSA) is 56.0 Å². The van der Waals surface area contributed by atoms with E-state index in [-0.39, 0.29) is 10.6 Å². The highest BCUT2D eigenvalue weighted by molar-refractivity contribution is 7.13. The minimum absolute atomic E-state index is 0.113. The predicted octanol–water partition coefficient (Wildman–Crippen LogP) is 4.23. The number of nitro groups is 1. The smallest absolute Gasteiger partial charge is 0.258 e. The molecule has 0 amide bonds. The van der Waals surface area contributed by atoms with Gasteiger partial charge in [0.2, 0.25) is 0 Å². The van der Waals surface area contributed by atoms with E-state index in [1.54, 1.807) is 18.2 Å². The molecule has 2 rings (SSSR count). The summed E-state index contributed by atoms with van der Waals surface area (Å²) in [5, 5.41) is 13.7. The summed E-state index contributed by atoms with van der Waals surface area (Å²) >= 11 is 1.46. The second kappa shape index (κ2) is 5.27. The third-order valence-electron chi connectivity index (χ3n) is 2.97. The Bertz CT molecular complexity index is 566. The zero-order valence-electron chi connectivity index (χ0n) is 10.3. The second-order valence-electron chi connectivity index (χ2n) is 4.16. The Morgan fingerprint density at radius 2 is 2.17 bits per heavy atom. The molecule has 1 atom stereocenters. The molecular weight excluding hydrogens is 248 g/mol. The molecule has 0 aliphatic carbocycles. The van der Waals surface area contributed by atoms with Crippen molar-refractivity contribution < 1.29 is 4.92 Å². The molecule has 1 aromatic carbocycles. The van der Waals surface area contributed by atoms with E-state index in [0.29, 0.717) is 11.5 Å². The molecule has 0 spiro atoms. The van der Waals surface area contributed by atoms with E-state index in [1.165, 1.54) is 17.4 Å². The Balaban J connectivity index is 2.43. The Labute approximate surface area is 109 Å².